The van der Waals surface area contributed by atoms with Gasteiger partial charge in [0.15, 0.2) is 0 Å². The van der Waals surface area contributed by atoms with Crippen molar-refractivity contribution in [2.45, 2.75) is 26.2 Å². The van der Waals surface area contributed by atoms with Crippen LogP contribution in [0.2, 0.25) is 0 Å². The number of urea groups is 1. The Morgan fingerprint density at radius 1 is 1.35 bits per heavy atom. The van der Waals surface area contributed by atoms with E-state index in [4.69, 9.17) is 0 Å². The van der Waals surface area contributed by atoms with Crippen LogP contribution in [0.15, 0.2) is 24.4 Å². The van der Waals surface area contributed by atoms with Gasteiger partial charge in [0, 0.05) is 45.0 Å². The largest absolute Gasteiger partial charge is 0.344 e. The molecule has 0 aromatic carbocycles. The fraction of sp³-hybridized carbons (Fsp3) is 0.588. The lowest BCUT2D eigenvalue weighted by Crippen LogP contribution is -2.47. The van der Waals surface area contributed by atoms with E-state index in [9.17, 15) is 9.59 Å². The van der Waals surface area contributed by atoms with Gasteiger partial charge in [0.2, 0.25) is 5.91 Å². The highest BCUT2D eigenvalue weighted by Gasteiger charge is 2.20. The molecule has 1 N–H and O–H groups in total. The molecular weight excluding hydrogens is 292 g/mol. The zero-order chi connectivity index (χ0) is 16.7. The number of hydrogen-bond donors (Lipinski definition) is 1. The molecule has 0 unspecified atom stereocenters. The van der Waals surface area contributed by atoms with Gasteiger partial charge in [-0.3, -0.25) is 9.78 Å². The van der Waals surface area contributed by atoms with Gasteiger partial charge in [0.1, 0.15) is 0 Å². The highest BCUT2D eigenvalue weighted by atomic mass is 16.2. The van der Waals surface area contributed by atoms with Crippen molar-refractivity contribution in [1.82, 2.24) is 20.1 Å². The van der Waals surface area contributed by atoms with Gasteiger partial charge in [-0.1, -0.05) is 13.0 Å². The van der Waals surface area contributed by atoms with Crippen LogP contribution in [0.25, 0.3) is 0 Å². The second-order valence-electron chi connectivity index (χ2n) is 6.21. The number of pyridine rings is 1. The first kappa shape index (κ1) is 17.2. The highest BCUT2D eigenvalue weighted by Crippen LogP contribution is 2.15. The van der Waals surface area contributed by atoms with Crippen molar-refractivity contribution < 1.29 is 9.59 Å². The lowest BCUT2D eigenvalue weighted by Gasteiger charge is -2.30. The van der Waals surface area contributed by atoms with Gasteiger partial charge < -0.3 is 15.1 Å². The summed E-state index contributed by atoms with van der Waals surface area (Å²) in [7, 11) is 1.75. The topological polar surface area (TPSA) is 65.5 Å². The Kier molecular flexibility index (Phi) is 6.38. The van der Waals surface area contributed by atoms with E-state index in [-0.39, 0.29) is 18.5 Å². The van der Waals surface area contributed by atoms with Gasteiger partial charge in [-0.05, 0) is 30.9 Å². The molecule has 126 valence electrons. The number of aromatic nitrogens is 1. The van der Waals surface area contributed by atoms with Crippen LogP contribution >= 0.6 is 0 Å². The van der Waals surface area contributed by atoms with E-state index in [1.165, 1.54) is 0 Å². The van der Waals surface area contributed by atoms with Crippen LogP contribution < -0.4 is 5.32 Å². The first-order valence-electron chi connectivity index (χ1n) is 8.23. The summed E-state index contributed by atoms with van der Waals surface area (Å²) >= 11 is 0. The van der Waals surface area contributed by atoms with Crippen molar-refractivity contribution in [2.24, 2.45) is 5.92 Å². The number of likely N-dealkylation sites (tertiary alicyclic amines) is 1. The van der Waals surface area contributed by atoms with Crippen LogP contribution in [0.5, 0.6) is 0 Å². The highest BCUT2D eigenvalue weighted by molar-refractivity contribution is 5.83. The molecule has 0 spiro atoms. The van der Waals surface area contributed by atoms with Crippen LogP contribution in [0.3, 0.4) is 0 Å². The molecule has 1 aromatic rings. The minimum absolute atomic E-state index is 0.0452. The van der Waals surface area contributed by atoms with E-state index < -0.39 is 0 Å². The number of rotatable bonds is 5. The molecule has 6 nitrogen and oxygen atoms in total. The Morgan fingerprint density at radius 3 is 2.74 bits per heavy atom. The maximum atomic E-state index is 12.1. The number of carbonyl (C=O) groups is 2. The predicted molar refractivity (Wildman–Crippen MR) is 88.9 cm³/mol. The average Bonchev–Trinajstić information content (AvgIpc) is 2.58. The molecule has 3 amide bonds. The molecule has 2 rings (SSSR count). The normalized spacial score (nSPS) is 15.3. The third-order valence-corrected chi connectivity index (χ3v) is 4.32. The number of hydrogen-bond acceptors (Lipinski definition) is 3. The molecule has 1 aliphatic heterocycles. The summed E-state index contributed by atoms with van der Waals surface area (Å²) in [4.78, 5) is 31.8. The molecule has 0 bridgehead atoms. The van der Waals surface area contributed by atoms with Crippen LogP contribution in [-0.4, -0.2) is 59.9 Å². The summed E-state index contributed by atoms with van der Waals surface area (Å²) < 4.78 is 0. The average molecular weight is 318 g/mol. The Morgan fingerprint density at radius 2 is 2.09 bits per heavy atom. The second kappa shape index (κ2) is 8.50. The molecule has 0 atom stereocenters. The summed E-state index contributed by atoms with van der Waals surface area (Å²) in [6.45, 7) is 4.39. The van der Waals surface area contributed by atoms with Crippen molar-refractivity contribution >= 4 is 11.9 Å². The molecule has 0 saturated carbocycles. The molecule has 6 heteroatoms. The van der Waals surface area contributed by atoms with E-state index in [1.807, 2.05) is 18.2 Å². The monoisotopic (exact) mass is 318 g/mol. The number of carbonyl (C=O) groups excluding carboxylic acids is 2. The Hall–Kier alpha value is -2.11. The SMILES string of the molecule is CC1CCN(C(=O)NCC(=O)N(C)CCc2ccccn2)CC1. The van der Waals surface area contributed by atoms with Crippen molar-refractivity contribution in [3.63, 3.8) is 0 Å². The molecular formula is C17H26N4O2. The fourth-order valence-electron chi connectivity index (χ4n) is 2.56. The molecule has 0 aliphatic carbocycles. The van der Waals surface area contributed by atoms with Crippen molar-refractivity contribution in [1.29, 1.82) is 0 Å². The molecule has 2 heterocycles. The maximum Gasteiger partial charge on any atom is 0.317 e. The Balaban J connectivity index is 1.68. The number of nitrogens with one attached hydrogen (secondary N) is 1. The summed E-state index contributed by atoms with van der Waals surface area (Å²) in [5, 5.41) is 2.73. The zero-order valence-corrected chi connectivity index (χ0v) is 14.0. The first-order chi connectivity index (χ1) is 11.1. The van der Waals surface area contributed by atoms with Gasteiger partial charge in [0.05, 0.1) is 6.54 Å². The Labute approximate surface area is 137 Å². The summed E-state index contributed by atoms with van der Waals surface area (Å²) in [6, 6.07) is 5.61. The van der Waals surface area contributed by atoms with E-state index in [2.05, 4.69) is 17.2 Å². The zero-order valence-electron chi connectivity index (χ0n) is 14.0. The molecule has 0 radical (unpaired) electrons. The third-order valence-electron chi connectivity index (χ3n) is 4.32. The van der Waals surface area contributed by atoms with Crippen LogP contribution in [-0.2, 0) is 11.2 Å². The smallest absolute Gasteiger partial charge is 0.317 e. The molecule has 1 aromatic heterocycles. The summed E-state index contributed by atoms with van der Waals surface area (Å²) in [6.07, 6.45) is 4.52. The van der Waals surface area contributed by atoms with Crippen molar-refractivity contribution in [2.75, 3.05) is 33.2 Å². The molecule has 23 heavy (non-hydrogen) atoms. The Bertz CT molecular complexity index is 513. The van der Waals surface area contributed by atoms with Crippen LogP contribution in [0.1, 0.15) is 25.5 Å². The fourth-order valence-corrected chi connectivity index (χ4v) is 2.56. The minimum atomic E-state index is -0.136. The standard InChI is InChI=1S/C17H26N4O2/c1-14-6-11-21(12-7-14)17(23)19-13-16(22)20(2)10-8-15-5-3-4-9-18-15/h3-5,9,14H,6-8,10-13H2,1-2H3,(H,19,23). The predicted octanol–water partition coefficient (Wildman–Crippen LogP) is 1.52. The molecule has 1 fully saturated rings. The van der Waals surface area contributed by atoms with E-state index in [0.29, 0.717) is 18.9 Å². The maximum absolute atomic E-state index is 12.1. The lowest BCUT2D eigenvalue weighted by atomic mass is 10.00. The van der Waals surface area contributed by atoms with Crippen molar-refractivity contribution in [3.05, 3.63) is 30.1 Å². The number of likely N-dealkylation sites (N-methyl/N-ethyl adjacent to an activating group) is 1. The van der Waals surface area contributed by atoms with Crippen LogP contribution in [0, 0.1) is 5.92 Å². The van der Waals surface area contributed by atoms with E-state index in [0.717, 1.165) is 31.6 Å². The van der Waals surface area contributed by atoms with Crippen LogP contribution in [0.4, 0.5) is 4.79 Å². The number of nitrogens with zero attached hydrogens (tertiary/aromatic N) is 3. The first-order valence-corrected chi connectivity index (χ1v) is 8.23. The lowest BCUT2D eigenvalue weighted by molar-refractivity contribution is -0.128. The molecule has 1 saturated heterocycles. The quantitative estimate of drug-likeness (QED) is 0.895. The molecule has 1 aliphatic rings. The van der Waals surface area contributed by atoms with Crippen molar-refractivity contribution in [3.8, 4) is 0 Å². The van der Waals surface area contributed by atoms with E-state index >= 15 is 0 Å². The number of piperidine rings is 1. The van der Waals surface area contributed by atoms with E-state index in [1.54, 1.807) is 23.0 Å². The van der Waals surface area contributed by atoms with Gasteiger partial charge in [0.25, 0.3) is 0 Å². The van der Waals surface area contributed by atoms with Gasteiger partial charge in [-0.25, -0.2) is 4.79 Å². The minimum Gasteiger partial charge on any atom is -0.344 e. The second-order valence-corrected chi connectivity index (χ2v) is 6.21. The summed E-state index contributed by atoms with van der Waals surface area (Å²) in [5.41, 5.74) is 0.957. The number of amides is 3. The third kappa shape index (κ3) is 5.54. The van der Waals surface area contributed by atoms with Gasteiger partial charge >= 0.3 is 6.03 Å². The summed E-state index contributed by atoms with van der Waals surface area (Å²) in [5.74, 6) is 0.595. The van der Waals surface area contributed by atoms with Gasteiger partial charge in [-0.15, -0.1) is 0 Å². The van der Waals surface area contributed by atoms with Gasteiger partial charge in [-0.2, -0.15) is 0 Å².